The number of amides is 1. The quantitative estimate of drug-likeness (QED) is 0.327. The number of benzene rings is 2. The van der Waals surface area contributed by atoms with Gasteiger partial charge < -0.3 is 10.2 Å². The van der Waals surface area contributed by atoms with E-state index in [1.54, 1.807) is 42.2 Å². The van der Waals surface area contributed by atoms with Crippen LogP contribution in [0, 0.1) is 18.3 Å². The number of hydrogen-bond acceptors (Lipinski definition) is 8. The van der Waals surface area contributed by atoms with E-state index in [2.05, 4.69) is 10.3 Å². The summed E-state index contributed by atoms with van der Waals surface area (Å²) in [6.07, 6.45) is 0. The summed E-state index contributed by atoms with van der Waals surface area (Å²) in [5, 5.41) is 11.7. The predicted octanol–water partition coefficient (Wildman–Crippen LogP) is 4.57. The second kappa shape index (κ2) is 10.9. The van der Waals surface area contributed by atoms with Crippen LogP contribution >= 0.6 is 23.1 Å². The van der Waals surface area contributed by atoms with Crippen LogP contribution in [0.2, 0.25) is 0 Å². The van der Waals surface area contributed by atoms with Crippen LogP contribution in [0.5, 0.6) is 0 Å². The van der Waals surface area contributed by atoms with E-state index in [-0.39, 0.29) is 28.9 Å². The Labute approximate surface area is 203 Å². The molecule has 0 atom stereocenters. The monoisotopic (exact) mass is 526 g/mol. The van der Waals surface area contributed by atoms with E-state index in [4.69, 9.17) is 5.26 Å². The molecular formula is C21H17F3N4O3S3. The molecular weight excluding hydrogens is 509 g/mol. The number of alkyl halides is 3. The van der Waals surface area contributed by atoms with Crippen LogP contribution in [0.15, 0.2) is 53.4 Å². The molecule has 0 aliphatic carbocycles. The molecule has 0 aliphatic heterocycles. The lowest BCUT2D eigenvalue weighted by Gasteiger charge is -2.22. The highest BCUT2D eigenvalue weighted by Crippen LogP contribution is 2.38. The van der Waals surface area contributed by atoms with Crippen molar-refractivity contribution in [3.05, 3.63) is 70.2 Å². The number of anilines is 2. The lowest BCUT2D eigenvalue weighted by molar-refractivity contribution is -0.0328. The zero-order chi connectivity index (χ0) is 24.9. The number of nitriles is 1. The number of aromatic nitrogens is 1. The molecule has 0 spiro atoms. The van der Waals surface area contributed by atoms with Crippen molar-refractivity contribution in [1.82, 2.24) is 10.3 Å². The van der Waals surface area contributed by atoms with Crippen molar-refractivity contribution in [1.29, 1.82) is 5.26 Å². The number of thiazole rings is 1. The first-order valence-electron chi connectivity index (χ1n) is 9.55. The van der Waals surface area contributed by atoms with E-state index in [1.807, 2.05) is 6.07 Å². The van der Waals surface area contributed by atoms with Crippen LogP contribution in [0.25, 0.3) is 0 Å². The minimum absolute atomic E-state index is 0.0342. The Morgan fingerprint density at radius 2 is 1.94 bits per heavy atom. The highest BCUT2D eigenvalue weighted by molar-refractivity contribution is 8.00. The number of nitrogens with one attached hydrogen (secondary N) is 1. The molecule has 0 saturated carbocycles. The van der Waals surface area contributed by atoms with E-state index >= 15 is 0 Å². The Bertz CT molecular complexity index is 1290. The van der Waals surface area contributed by atoms with Gasteiger partial charge in [-0.1, -0.05) is 12.1 Å². The summed E-state index contributed by atoms with van der Waals surface area (Å²) in [4.78, 5) is 19.0. The van der Waals surface area contributed by atoms with Crippen molar-refractivity contribution in [3.8, 4) is 6.07 Å². The summed E-state index contributed by atoms with van der Waals surface area (Å²) < 4.78 is 60.0. The molecule has 1 aromatic heterocycles. The van der Waals surface area contributed by atoms with E-state index in [9.17, 15) is 26.4 Å². The first-order valence-corrected chi connectivity index (χ1v) is 12.5. The average Bonchev–Trinajstić information content (AvgIpc) is 3.16. The molecule has 7 nitrogen and oxygen atoms in total. The maximum atomic E-state index is 12.8. The second-order valence-electron chi connectivity index (χ2n) is 6.84. The number of thiol groups is 1. The van der Waals surface area contributed by atoms with E-state index in [0.29, 0.717) is 26.8 Å². The molecule has 1 N–H and O–H groups in total. The summed E-state index contributed by atoms with van der Waals surface area (Å²) in [6.45, 7) is 1.80. The Balaban J connectivity index is 1.97. The molecule has 2 aromatic carbocycles. The van der Waals surface area contributed by atoms with Crippen molar-refractivity contribution < 1.29 is 26.4 Å². The molecule has 1 heterocycles. The van der Waals surface area contributed by atoms with Gasteiger partial charge in [0.2, 0.25) is 0 Å². The number of nitrogens with zero attached hydrogens (tertiary/aromatic N) is 3. The number of thioether (sulfide) groups is 1. The fraction of sp³-hybridized carbons (Fsp3) is 0.190. The number of aryl methyl sites for hydroxylation is 1. The Morgan fingerprint density at radius 3 is 2.56 bits per heavy atom. The first-order chi connectivity index (χ1) is 16.1. The molecule has 0 aliphatic rings. The predicted molar refractivity (Wildman–Crippen MR) is 125 cm³/mol. The van der Waals surface area contributed by atoms with Crippen molar-refractivity contribution in [2.75, 3.05) is 10.8 Å². The fourth-order valence-corrected chi connectivity index (χ4v) is 4.76. The van der Waals surface area contributed by atoms with E-state index < -0.39 is 28.0 Å². The van der Waals surface area contributed by atoms with Gasteiger partial charge in [-0.3, -0.25) is 4.79 Å². The first kappa shape index (κ1) is 25.5. The number of carbonyl (C=O) groups is 1. The number of halogens is 3. The highest BCUT2D eigenvalue weighted by Gasteiger charge is 2.29. The molecule has 34 heavy (non-hydrogen) atoms. The number of carbonyl (C=O) groups excluding carboxylic acids is 1. The van der Waals surface area contributed by atoms with Crippen LogP contribution in [-0.4, -0.2) is 30.7 Å². The normalized spacial score (nSPS) is 11.3. The molecule has 13 heteroatoms. The topological polar surface area (TPSA) is 103 Å². The number of rotatable bonds is 8. The molecule has 0 bridgehead atoms. The van der Waals surface area contributed by atoms with Gasteiger partial charge in [0.25, 0.3) is 5.91 Å². The molecule has 3 aromatic rings. The minimum atomic E-state index is -4.42. The molecule has 0 radical (unpaired) electrons. The van der Waals surface area contributed by atoms with E-state index in [1.165, 1.54) is 29.5 Å². The molecule has 0 fully saturated rings. The van der Waals surface area contributed by atoms with Gasteiger partial charge in [-0.05, 0) is 60.6 Å². The van der Waals surface area contributed by atoms with Crippen molar-refractivity contribution in [2.45, 2.75) is 23.9 Å². The van der Waals surface area contributed by atoms with Gasteiger partial charge in [0.1, 0.15) is 11.6 Å². The minimum Gasteiger partial charge on any atom is -0.337 e. The zero-order valence-electron chi connectivity index (χ0n) is 17.5. The Hall–Kier alpha value is -3.08. The molecule has 178 valence electrons. The average molecular weight is 527 g/mol. The van der Waals surface area contributed by atoms with Crippen molar-refractivity contribution in [3.63, 3.8) is 0 Å². The van der Waals surface area contributed by atoms with Crippen molar-refractivity contribution in [2.24, 2.45) is 0 Å². The fourth-order valence-electron chi connectivity index (χ4n) is 2.94. The summed E-state index contributed by atoms with van der Waals surface area (Å²) in [5.41, 5.74) is -2.77. The maximum absolute atomic E-state index is 12.8. The second-order valence-corrected chi connectivity index (χ2v) is 10.1. The van der Waals surface area contributed by atoms with Crippen LogP contribution < -0.4 is 10.2 Å². The molecule has 3 rings (SSSR count). The molecule has 0 saturated heterocycles. The highest BCUT2D eigenvalue weighted by atomic mass is 32.2. The lowest BCUT2D eigenvalue weighted by atomic mass is 10.2. The van der Waals surface area contributed by atoms with Gasteiger partial charge >= 0.3 is 5.51 Å². The lowest BCUT2D eigenvalue weighted by Crippen LogP contribution is -2.26. The van der Waals surface area contributed by atoms with Gasteiger partial charge in [0.05, 0.1) is 18.2 Å². The molecule has 1 amide bonds. The van der Waals surface area contributed by atoms with Gasteiger partial charge in [-0.15, -0.1) is 11.3 Å². The van der Waals surface area contributed by atoms with Crippen molar-refractivity contribution >= 4 is 50.5 Å². The van der Waals surface area contributed by atoms with E-state index in [0.717, 1.165) is 0 Å². The van der Waals surface area contributed by atoms with Gasteiger partial charge in [0.15, 0.2) is 15.8 Å². The standard InChI is InChI=1S/C21H17F3N4O3S3/c1-13-18(19(29)26-12-34(30)31)27-20(32-13)28(16-7-5-14(10-25)6-8-16)11-15-3-2-4-17(9-15)33-21(22,23)24/h2-9,34H,11-12H2,1H3,(H,26,29). The van der Waals surface area contributed by atoms with Crippen LogP contribution in [-0.2, 0) is 17.2 Å². The smallest absolute Gasteiger partial charge is 0.337 e. The summed E-state index contributed by atoms with van der Waals surface area (Å²) in [6, 6.07) is 14.5. The van der Waals surface area contributed by atoms with Gasteiger partial charge in [-0.25, -0.2) is 13.4 Å². The summed E-state index contributed by atoms with van der Waals surface area (Å²) >= 11 is 0.963. The Kier molecular flexibility index (Phi) is 8.19. The summed E-state index contributed by atoms with van der Waals surface area (Å²) in [5.74, 6) is -1.17. The van der Waals surface area contributed by atoms with Crippen LogP contribution in [0.3, 0.4) is 0 Å². The SMILES string of the molecule is Cc1sc(N(Cc2cccc(SC(F)(F)F)c2)c2ccc(C#N)cc2)nc1C(=O)NC[SH](=O)=O. The third kappa shape index (κ3) is 6.96. The Morgan fingerprint density at radius 1 is 1.24 bits per heavy atom. The van der Waals surface area contributed by atoms with Crippen LogP contribution in [0.4, 0.5) is 24.0 Å². The number of hydrogen-bond donors (Lipinski definition) is 2. The van der Waals surface area contributed by atoms with Gasteiger partial charge in [0, 0.05) is 15.5 Å². The largest absolute Gasteiger partial charge is 0.446 e. The zero-order valence-corrected chi connectivity index (χ0v) is 20.0. The van der Waals surface area contributed by atoms with Crippen LogP contribution in [0.1, 0.15) is 26.5 Å². The summed E-state index contributed by atoms with van der Waals surface area (Å²) in [7, 11) is -2.80. The van der Waals surface area contributed by atoms with Gasteiger partial charge in [-0.2, -0.15) is 18.4 Å². The third-order valence-electron chi connectivity index (χ3n) is 4.38. The molecule has 0 unspecified atom stereocenters. The maximum Gasteiger partial charge on any atom is 0.446 e. The third-order valence-corrected chi connectivity index (χ3v) is 6.51.